The largest absolute Gasteiger partial charge is 0.394 e. The van der Waals surface area contributed by atoms with Gasteiger partial charge in [0, 0.05) is 19.6 Å². The number of aliphatic hydroxyl groups is 8. The Bertz CT molecular complexity index is 631. The molecule has 0 saturated carbocycles. The van der Waals surface area contributed by atoms with Gasteiger partial charge >= 0.3 is 0 Å². The van der Waals surface area contributed by atoms with Gasteiger partial charge < -0.3 is 45.6 Å². The van der Waals surface area contributed by atoms with E-state index in [-0.39, 0.29) is 19.6 Å². The number of β-amino-alcohol motifs (C(OH)–C–C–N with tert-alkyl or cyclic N) is 2. The molecule has 2 fully saturated rings. The van der Waals surface area contributed by atoms with E-state index in [2.05, 4.69) is 10.3 Å². The highest BCUT2D eigenvalue weighted by molar-refractivity contribution is 4.98. The van der Waals surface area contributed by atoms with Gasteiger partial charge in [-0.25, -0.2) is 4.68 Å². The summed E-state index contributed by atoms with van der Waals surface area (Å²) in [6.45, 7) is -0.521. The summed E-state index contributed by atoms with van der Waals surface area (Å²) in [7, 11) is 0. The number of nitrogens with zero attached hydrogens (tertiary/aromatic N) is 4. The Morgan fingerprint density at radius 1 is 0.893 bits per heavy atom. The monoisotopic (exact) mass is 406 g/mol. The van der Waals surface area contributed by atoms with Crippen LogP contribution in [0.1, 0.15) is 11.9 Å². The van der Waals surface area contributed by atoms with Gasteiger partial charge in [0.25, 0.3) is 0 Å². The Hall–Kier alpha value is -1.26. The van der Waals surface area contributed by atoms with Crippen molar-refractivity contribution in [2.24, 2.45) is 0 Å². The van der Waals surface area contributed by atoms with Crippen molar-refractivity contribution in [1.29, 1.82) is 0 Å². The Balaban J connectivity index is 1.70. The quantitative estimate of drug-likeness (QED) is 0.236. The minimum absolute atomic E-state index is 0.0256. The molecule has 8 N–H and O–H groups in total. The number of hydrogen-bond acceptors (Lipinski definition) is 12. The zero-order chi connectivity index (χ0) is 20.6. The molecule has 160 valence electrons. The standard InChI is InChI=1S/C15H26N4O9/c20-5-9-12(25)13(26)14(27)15(28-9)19-2-6(16-17-19)1-18-3-7(21)10(23)11(24)8(22)4-18/h2,7-15,20-27H,1,3-5H2/t7-,8-,9+,10+,11+,12+,13-,14+,15+/m0/s1. The van der Waals surface area contributed by atoms with Crippen LogP contribution in [-0.4, -0.2) is 129 Å². The fourth-order valence-corrected chi connectivity index (χ4v) is 3.44. The molecular weight excluding hydrogens is 380 g/mol. The normalized spacial score (nSPS) is 43.1. The lowest BCUT2D eigenvalue weighted by Crippen LogP contribution is -2.56. The molecule has 9 atom stereocenters. The van der Waals surface area contributed by atoms with Gasteiger partial charge in [-0.05, 0) is 0 Å². The fourth-order valence-electron chi connectivity index (χ4n) is 3.44. The van der Waals surface area contributed by atoms with Gasteiger partial charge in [0.2, 0.25) is 0 Å². The molecule has 0 radical (unpaired) electrons. The highest BCUT2D eigenvalue weighted by Gasteiger charge is 2.45. The molecule has 28 heavy (non-hydrogen) atoms. The van der Waals surface area contributed by atoms with Gasteiger partial charge in [-0.15, -0.1) is 5.10 Å². The van der Waals surface area contributed by atoms with Crippen molar-refractivity contribution < 1.29 is 45.6 Å². The summed E-state index contributed by atoms with van der Waals surface area (Å²) in [6.07, 6.45) is -10.9. The van der Waals surface area contributed by atoms with Gasteiger partial charge in [0.15, 0.2) is 6.23 Å². The third-order valence-corrected chi connectivity index (χ3v) is 5.10. The van der Waals surface area contributed by atoms with Crippen LogP contribution in [0, 0.1) is 0 Å². The summed E-state index contributed by atoms with van der Waals surface area (Å²) in [4.78, 5) is 1.57. The lowest BCUT2D eigenvalue weighted by molar-refractivity contribution is -0.254. The van der Waals surface area contributed by atoms with E-state index in [1.165, 1.54) is 6.20 Å². The second-order valence-electron chi connectivity index (χ2n) is 7.22. The van der Waals surface area contributed by atoms with Crippen molar-refractivity contribution in [1.82, 2.24) is 19.9 Å². The van der Waals surface area contributed by atoms with Crippen molar-refractivity contribution in [3.63, 3.8) is 0 Å². The average Bonchev–Trinajstić information content (AvgIpc) is 3.09. The van der Waals surface area contributed by atoms with Crippen molar-refractivity contribution in [3.8, 4) is 0 Å². The first-order valence-electron chi connectivity index (χ1n) is 8.88. The number of likely N-dealkylation sites (tertiary alicyclic amines) is 1. The van der Waals surface area contributed by atoms with Gasteiger partial charge in [-0.3, -0.25) is 4.90 Å². The van der Waals surface area contributed by atoms with Crippen LogP contribution in [0.2, 0.25) is 0 Å². The molecule has 3 rings (SSSR count). The Morgan fingerprint density at radius 2 is 1.50 bits per heavy atom. The first-order chi connectivity index (χ1) is 13.2. The van der Waals surface area contributed by atoms with Crippen LogP contribution in [0.3, 0.4) is 0 Å². The molecule has 0 aliphatic carbocycles. The van der Waals surface area contributed by atoms with Crippen molar-refractivity contribution in [2.45, 2.75) is 61.6 Å². The number of rotatable bonds is 4. The van der Waals surface area contributed by atoms with E-state index in [1.807, 2.05) is 0 Å². The van der Waals surface area contributed by atoms with E-state index in [9.17, 15) is 40.9 Å². The molecule has 13 heteroatoms. The molecule has 1 aromatic heterocycles. The minimum Gasteiger partial charge on any atom is -0.394 e. The molecule has 3 heterocycles. The predicted octanol–water partition coefficient (Wildman–Crippen LogP) is -5.49. The molecule has 0 aromatic carbocycles. The van der Waals surface area contributed by atoms with Crippen molar-refractivity contribution >= 4 is 0 Å². The smallest absolute Gasteiger partial charge is 0.180 e. The van der Waals surface area contributed by atoms with E-state index in [0.717, 1.165) is 4.68 Å². The molecule has 0 spiro atoms. The number of ether oxygens (including phenoxy) is 1. The Kier molecular flexibility index (Phi) is 6.61. The summed E-state index contributed by atoms with van der Waals surface area (Å²) in [5, 5.41) is 86.2. The molecular formula is C15H26N4O9. The van der Waals surface area contributed by atoms with Gasteiger partial charge in [-0.1, -0.05) is 5.21 Å². The van der Waals surface area contributed by atoms with Crippen molar-refractivity contribution in [2.75, 3.05) is 19.7 Å². The van der Waals surface area contributed by atoms with Gasteiger partial charge in [0.05, 0.1) is 30.7 Å². The van der Waals surface area contributed by atoms with Crippen LogP contribution in [0.5, 0.6) is 0 Å². The van der Waals surface area contributed by atoms with Crippen LogP contribution >= 0.6 is 0 Å². The zero-order valence-electron chi connectivity index (χ0n) is 14.9. The lowest BCUT2D eigenvalue weighted by Gasteiger charge is -2.39. The van der Waals surface area contributed by atoms with E-state index >= 15 is 0 Å². The minimum atomic E-state index is -1.55. The summed E-state index contributed by atoms with van der Waals surface area (Å²) < 4.78 is 6.52. The first kappa shape index (κ1) is 21.4. The molecule has 2 saturated heterocycles. The summed E-state index contributed by atoms with van der Waals surface area (Å²) in [6, 6.07) is 0. The Morgan fingerprint density at radius 3 is 2.07 bits per heavy atom. The molecule has 13 nitrogen and oxygen atoms in total. The van der Waals surface area contributed by atoms with Crippen LogP contribution in [0.25, 0.3) is 0 Å². The van der Waals surface area contributed by atoms with Crippen LogP contribution in [-0.2, 0) is 11.3 Å². The highest BCUT2D eigenvalue weighted by Crippen LogP contribution is 2.28. The van der Waals surface area contributed by atoms with Crippen LogP contribution in [0.4, 0.5) is 0 Å². The number of aromatic nitrogens is 3. The van der Waals surface area contributed by atoms with E-state index in [4.69, 9.17) is 4.74 Å². The maximum atomic E-state index is 10.1. The molecule has 0 unspecified atom stereocenters. The molecule has 0 bridgehead atoms. The average molecular weight is 406 g/mol. The molecule has 1 aromatic rings. The maximum Gasteiger partial charge on any atom is 0.180 e. The zero-order valence-corrected chi connectivity index (χ0v) is 14.9. The summed E-state index contributed by atoms with van der Waals surface area (Å²) in [5.74, 6) is 0. The third-order valence-electron chi connectivity index (χ3n) is 5.10. The first-order valence-corrected chi connectivity index (χ1v) is 8.88. The predicted molar refractivity (Wildman–Crippen MR) is 88.3 cm³/mol. The van der Waals surface area contributed by atoms with E-state index in [0.29, 0.717) is 5.69 Å². The Labute approximate surface area is 159 Å². The van der Waals surface area contributed by atoms with Gasteiger partial charge in [0.1, 0.15) is 36.6 Å². The maximum absolute atomic E-state index is 10.1. The van der Waals surface area contributed by atoms with E-state index < -0.39 is 61.7 Å². The SMILES string of the molecule is OC[C@H]1O[C@@H](n2cc(CN3C[C@H](O)[C@@H](O)[C@H](O)[C@@H](O)C3)nn2)[C@H](O)[C@@H](O)[C@@H]1O. The van der Waals surface area contributed by atoms with Crippen LogP contribution in [0.15, 0.2) is 6.20 Å². The van der Waals surface area contributed by atoms with E-state index in [1.54, 1.807) is 4.90 Å². The summed E-state index contributed by atoms with van der Waals surface area (Å²) >= 11 is 0. The number of hydrogen-bond donors (Lipinski definition) is 8. The lowest BCUT2D eigenvalue weighted by atomic mass is 9.98. The molecule has 2 aliphatic heterocycles. The topological polar surface area (TPSA) is 205 Å². The fraction of sp³-hybridized carbons (Fsp3) is 0.867. The molecule has 0 amide bonds. The number of aliphatic hydroxyl groups excluding tert-OH is 8. The highest BCUT2D eigenvalue weighted by atomic mass is 16.6. The third kappa shape index (κ3) is 4.18. The van der Waals surface area contributed by atoms with Crippen molar-refractivity contribution in [3.05, 3.63) is 11.9 Å². The summed E-state index contributed by atoms with van der Waals surface area (Å²) in [5.41, 5.74) is 0.363. The second kappa shape index (κ2) is 8.62. The second-order valence-corrected chi connectivity index (χ2v) is 7.22. The van der Waals surface area contributed by atoms with Gasteiger partial charge in [-0.2, -0.15) is 0 Å². The van der Waals surface area contributed by atoms with Crippen LogP contribution < -0.4 is 0 Å². The molecule has 2 aliphatic rings.